The molecule has 2 rings (SSSR count). The van der Waals surface area contributed by atoms with E-state index in [0.29, 0.717) is 11.0 Å². The zero-order valence-electron chi connectivity index (χ0n) is 11.7. The van der Waals surface area contributed by atoms with Crippen LogP contribution >= 0.6 is 11.6 Å². The lowest BCUT2D eigenvalue weighted by molar-refractivity contribution is 0.440. The van der Waals surface area contributed by atoms with Crippen LogP contribution in [-0.4, -0.2) is 4.98 Å². The molecule has 0 saturated heterocycles. The third-order valence-electron chi connectivity index (χ3n) is 2.85. The highest BCUT2D eigenvalue weighted by Crippen LogP contribution is 2.34. The van der Waals surface area contributed by atoms with Crippen LogP contribution in [-0.2, 0) is 5.41 Å². The van der Waals surface area contributed by atoms with Gasteiger partial charge in [-0.2, -0.15) is 0 Å². The predicted molar refractivity (Wildman–Crippen MR) is 79.2 cm³/mol. The van der Waals surface area contributed by atoms with E-state index in [-0.39, 0.29) is 5.41 Å². The van der Waals surface area contributed by atoms with Crippen molar-refractivity contribution in [2.45, 2.75) is 33.1 Å². The molecule has 0 spiro atoms. The zero-order valence-corrected chi connectivity index (χ0v) is 12.5. The number of ether oxygens (including phenoxy) is 1. The number of aryl methyl sites for hydroxylation is 1. The van der Waals surface area contributed by atoms with Crippen molar-refractivity contribution in [1.29, 1.82) is 0 Å². The maximum atomic E-state index is 5.88. The van der Waals surface area contributed by atoms with Crippen LogP contribution in [0.4, 0.5) is 0 Å². The fourth-order valence-electron chi connectivity index (χ4n) is 1.88. The minimum absolute atomic E-state index is 0.0138. The molecular formula is C16H18ClNO. The summed E-state index contributed by atoms with van der Waals surface area (Å²) in [7, 11) is 0. The van der Waals surface area contributed by atoms with Gasteiger partial charge in [-0.3, -0.25) is 0 Å². The van der Waals surface area contributed by atoms with Gasteiger partial charge in [0.1, 0.15) is 10.9 Å². The van der Waals surface area contributed by atoms with Crippen LogP contribution in [0.25, 0.3) is 0 Å². The van der Waals surface area contributed by atoms with Gasteiger partial charge >= 0.3 is 0 Å². The predicted octanol–water partition coefficient (Wildman–Crippen LogP) is 5.13. The number of hydrogen-bond acceptors (Lipinski definition) is 2. The Hall–Kier alpha value is -1.54. The Morgan fingerprint density at radius 1 is 1.11 bits per heavy atom. The molecular weight excluding hydrogens is 258 g/mol. The van der Waals surface area contributed by atoms with Crippen molar-refractivity contribution in [3.8, 4) is 11.6 Å². The van der Waals surface area contributed by atoms with E-state index in [1.165, 1.54) is 5.56 Å². The third-order valence-corrected chi connectivity index (χ3v) is 3.06. The molecule has 100 valence electrons. The van der Waals surface area contributed by atoms with Crippen molar-refractivity contribution < 1.29 is 4.74 Å². The fraction of sp³-hybridized carbons (Fsp3) is 0.312. The second kappa shape index (κ2) is 5.22. The summed E-state index contributed by atoms with van der Waals surface area (Å²) in [6.07, 6.45) is 0. The molecule has 3 heteroatoms. The highest BCUT2D eigenvalue weighted by atomic mass is 35.5. The second-order valence-corrected chi connectivity index (χ2v) is 6.04. The van der Waals surface area contributed by atoms with E-state index in [1.807, 2.05) is 18.2 Å². The van der Waals surface area contributed by atoms with Crippen molar-refractivity contribution >= 4 is 11.6 Å². The lowest BCUT2D eigenvalue weighted by Crippen LogP contribution is -2.13. The summed E-state index contributed by atoms with van der Waals surface area (Å²) in [4.78, 5) is 4.16. The van der Waals surface area contributed by atoms with Gasteiger partial charge in [-0.1, -0.05) is 56.1 Å². The summed E-state index contributed by atoms with van der Waals surface area (Å²) in [5, 5.41) is 0.432. The SMILES string of the molecule is Cc1ccc(Oc2cccc(Cl)n2)c(C(C)(C)C)c1. The Labute approximate surface area is 119 Å². The van der Waals surface area contributed by atoms with E-state index in [9.17, 15) is 0 Å². The van der Waals surface area contributed by atoms with Crippen molar-refractivity contribution in [1.82, 2.24) is 4.98 Å². The molecule has 0 N–H and O–H groups in total. The Morgan fingerprint density at radius 3 is 2.47 bits per heavy atom. The summed E-state index contributed by atoms with van der Waals surface area (Å²) >= 11 is 5.87. The van der Waals surface area contributed by atoms with E-state index in [2.05, 4.69) is 38.7 Å². The smallest absolute Gasteiger partial charge is 0.220 e. The molecule has 2 nitrogen and oxygen atoms in total. The minimum Gasteiger partial charge on any atom is -0.439 e. The quantitative estimate of drug-likeness (QED) is 0.709. The van der Waals surface area contributed by atoms with Gasteiger partial charge in [-0.15, -0.1) is 0 Å². The van der Waals surface area contributed by atoms with Crippen LogP contribution in [0, 0.1) is 6.92 Å². The number of nitrogens with zero attached hydrogens (tertiary/aromatic N) is 1. The van der Waals surface area contributed by atoms with Crippen LogP contribution in [0.3, 0.4) is 0 Å². The molecule has 0 bridgehead atoms. The van der Waals surface area contributed by atoms with Gasteiger partial charge in [0.15, 0.2) is 0 Å². The van der Waals surface area contributed by atoms with Crippen LogP contribution in [0.1, 0.15) is 31.9 Å². The standard InChI is InChI=1S/C16H18ClNO/c1-11-8-9-13(12(10-11)16(2,3)4)19-15-7-5-6-14(17)18-15/h5-10H,1-4H3. The first kappa shape index (κ1) is 13.9. The topological polar surface area (TPSA) is 22.1 Å². The highest BCUT2D eigenvalue weighted by Gasteiger charge is 2.19. The number of halogens is 1. The number of benzene rings is 1. The summed E-state index contributed by atoms with van der Waals surface area (Å²) < 4.78 is 5.88. The second-order valence-electron chi connectivity index (χ2n) is 5.65. The molecule has 19 heavy (non-hydrogen) atoms. The van der Waals surface area contributed by atoms with E-state index in [1.54, 1.807) is 12.1 Å². The number of rotatable bonds is 2. The van der Waals surface area contributed by atoms with Crippen LogP contribution < -0.4 is 4.74 Å². The maximum Gasteiger partial charge on any atom is 0.220 e. The molecule has 0 amide bonds. The molecule has 0 aliphatic carbocycles. The summed E-state index contributed by atoms with van der Waals surface area (Å²) in [6, 6.07) is 11.5. The first-order valence-corrected chi connectivity index (χ1v) is 6.65. The highest BCUT2D eigenvalue weighted by molar-refractivity contribution is 6.29. The van der Waals surface area contributed by atoms with Gasteiger partial charge in [0.05, 0.1) is 0 Å². The Kier molecular flexibility index (Phi) is 3.81. The Balaban J connectivity index is 2.40. The molecule has 2 aromatic rings. The number of aromatic nitrogens is 1. The maximum absolute atomic E-state index is 5.88. The van der Waals surface area contributed by atoms with Gasteiger partial charge in [0, 0.05) is 11.6 Å². The molecule has 0 radical (unpaired) electrons. The normalized spacial score (nSPS) is 11.4. The van der Waals surface area contributed by atoms with Crippen molar-refractivity contribution in [3.05, 3.63) is 52.7 Å². The van der Waals surface area contributed by atoms with E-state index in [0.717, 1.165) is 11.3 Å². The Morgan fingerprint density at radius 2 is 1.84 bits per heavy atom. The first-order valence-electron chi connectivity index (χ1n) is 6.28. The molecule has 0 aliphatic rings. The fourth-order valence-corrected chi connectivity index (χ4v) is 2.03. The molecule has 1 aromatic heterocycles. The van der Waals surface area contributed by atoms with Crippen molar-refractivity contribution in [2.24, 2.45) is 0 Å². The van der Waals surface area contributed by atoms with Crippen LogP contribution in [0.15, 0.2) is 36.4 Å². The van der Waals surface area contributed by atoms with Crippen molar-refractivity contribution in [2.75, 3.05) is 0 Å². The summed E-state index contributed by atoms with van der Waals surface area (Å²) in [5.74, 6) is 1.34. The van der Waals surface area contributed by atoms with Crippen LogP contribution in [0.2, 0.25) is 5.15 Å². The monoisotopic (exact) mass is 275 g/mol. The largest absolute Gasteiger partial charge is 0.439 e. The molecule has 0 aliphatic heterocycles. The lowest BCUT2D eigenvalue weighted by Gasteiger charge is -2.23. The van der Waals surface area contributed by atoms with Gasteiger partial charge in [-0.25, -0.2) is 4.98 Å². The van der Waals surface area contributed by atoms with Gasteiger partial charge < -0.3 is 4.74 Å². The van der Waals surface area contributed by atoms with Gasteiger partial charge in [0.25, 0.3) is 0 Å². The minimum atomic E-state index is 0.0138. The average Bonchev–Trinajstić information content (AvgIpc) is 2.30. The average molecular weight is 276 g/mol. The number of hydrogen-bond donors (Lipinski definition) is 0. The molecule has 0 atom stereocenters. The molecule has 1 aromatic carbocycles. The lowest BCUT2D eigenvalue weighted by atomic mass is 9.85. The molecule has 0 fully saturated rings. The molecule has 0 saturated carbocycles. The summed E-state index contributed by atoms with van der Waals surface area (Å²) in [5.41, 5.74) is 2.39. The third kappa shape index (κ3) is 3.48. The van der Waals surface area contributed by atoms with Gasteiger partial charge in [-0.05, 0) is 24.5 Å². The molecule has 1 heterocycles. The molecule has 0 unspecified atom stereocenters. The Bertz CT molecular complexity index is 588. The van der Waals surface area contributed by atoms with E-state index < -0.39 is 0 Å². The zero-order chi connectivity index (χ0) is 14.0. The van der Waals surface area contributed by atoms with Crippen LogP contribution in [0.5, 0.6) is 11.6 Å². The van der Waals surface area contributed by atoms with Gasteiger partial charge in [0.2, 0.25) is 5.88 Å². The van der Waals surface area contributed by atoms with E-state index >= 15 is 0 Å². The number of pyridine rings is 1. The van der Waals surface area contributed by atoms with Crippen molar-refractivity contribution in [3.63, 3.8) is 0 Å². The first-order chi connectivity index (χ1) is 8.86. The van der Waals surface area contributed by atoms with E-state index in [4.69, 9.17) is 16.3 Å². The summed E-state index contributed by atoms with van der Waals surface area (Å²) in [6.45, 7) is 8.58.